The monoisotopic (exact) mass is 514 g/mol. The number of phenolic OH excluding ortho intramolecular Hbond substituents is 1. The third kappa shape index (κ3) is 5.22. The van der Waals surface area contributed by atoms with Gasteiger partial charge in [-0.2, -0.15) is 9.78 Å². The topological polar surface area (TPSA) is 105 Å². The number of halogens is 1. The summed E-state index contributed by atoms with van der Waals surface area (Å²) in [5.74, 6) is -0.107. The number of carbonyl (C=O) groups excluding carboxylic acids is 2. The number of amides is 2. The summed E-state index contributed by atoms with van der Waals surface area (Å²) in [5.41, 5.74) is 3.13. The molecule has 0 unspecified atom stereocenters. The van der Waals surface area contributed by atoms with E-state index in [0.29, 0.717) is 28.3 Å². The molecule has 0 radical (unpaired) electrons. The quantitative estimate of drug-likeness (QED) is 0.275. The lowest BCUT2D eigenvalue weighted by Gasteiger charge is -2.25. The molecule has 0 atom stereocenters. The van der Waals surface area contributed by atoms with Gasteiger partial charge in [0.05, 0.1) is 24.1 Å². The Morgan fingerprint density at radius 2 is 1.84 bits per heavy atom. The van der Waals surface area contributed by atoms with E-state index in [9.17, 15) is 19.1 Å². The van der Waals surface area contributed by atoms with Crippen LogP contribution >= 0.6 is 0 Å². The van der Waals surface area contributed by atoms with E-state index < -0.39 is 6.03 Å². The Labute approximate surface area is 219 Å². The van der Waals surface area contributed by atoms with Gasteiger partial charge in [0.2, 0.25) is 0 Å². The maximum atomic E-state index is 13.2. The first-order valence-corrected chi connectivity index (χ1v) is 12.3. The zero-order valence-corrected chi connectivity index (χ0v) is 20.8. The molecule has 1 saturated carbocycles. The minimum absolute atomic E-state index is 0.0307. The first-order chi connectivity index (χ1) is 18.4. The summed E-state index contributed by atoms with van der Waals surface area (Å²) < 4.78 is 19.8. The highest BCUT2D eigenvalue weighted by atomic mass is 19.1. The van der Waals surface area contributed by atoms with E-state index in [0.717, 1.165) is 30.5 Å². The van der Waals surface area contributed by atoms with E-state index in [2.05, 4.69) is 15.7 Å². The standard InChI is InChI=1S/C29H27FN4O4/c1-38-27-8-3-2-7-22(27)28(36)32-21-13-14-26(35)23(15-21)24-16-25(19-5-4-6-19)34(33-24)29(37)31-17-18-9-11-20(30)12-10-18/h2-3,7-16,19,35H,4-6,17H2,1H3,(H,31,37)(H,32,36). The number of hydrogen-bond acceptors (Lipinski definition) is 5. The first kappa shape index (κ1) is 25.0. The molecule has 1 aliphatic rings. The molecule has 0 spiro atoms. The van der Waals surface area contributed by atoms with Crippen molar-refractivity contribution in [3.8, 4) is 22.8 Å². The second kappa shape index (κ2) is 10.8. The van der Waals surface area contributed by atoms with E-state index >= 15 is 0 Å². The summed E-state index contributed by atoms with van der Waals surface area (Å²) in [6.07, 6.45) is 2.95. The van der Waals surface area contributed by atoms with Gasteiger partial charge in [-0.1, -0.05) is 30.7 Å². The summed E-state index contributed by atoms with van der Waals surface area (Å²) in [6.45, 7) is 0.216. The van der Waals surface area contributed by atoms with Crippen molar-refractivity contribution in [2.24, 2.45) is 0 Å². The van der Waals surface area contributed by atoms with Crippen molar-refractivity contribution in [2.45, 2.75) is 31.7 Å². The van der Waals surface area contributed by atoms with Crippen LogP contribution in [0.15, 0.2) is 72.8 Å². The van der Waals surface area contributed by atoms with Gasteiger partial charge in [-0.25, -0.2) is 9.18 Å². The lowest BCUT2D eigenvalue weighted by molar-refractivity contribution is 0.102. The van der Waals surface area contributed by atoms with Gasteiger partial charge in [-0.3, -0.25) is 4.79 Å². The zero-order chi connectivity index (χ0) is 26.6. The van der Waals surface area contributed by atoms with Gasteiger partial charge in [0.1, 0.15) is 17.3 Å². The van der Waals surface area contributed by atoms with Crippen molar-refractivity contribution in [1.82, 2.24) is 15.1 Å². The van der Waals surface area contributed by atoms with Gasteiger partial charge in [0.25, 0.3) is 5.91 Å². The van der Waals surface area contributed by atoms with Crippen LogP contribution < -0.4 is 15.4 Å². The second-order valence-electron chi connectivity index (χ2n) is 9.17. The molecule has 3 aromatic carbocycles. The second-order valence-corrected chi connectivity index (χ2v) is 9.17. The van der Waals surface area contributed by atoms with Crippen LogP contribution in [0.1, 0.15) is 46.8 Å². The summed E-state index contributed by atoms with van der Waals surface area (Å²) in [4.78, 5) is 26.0. The molecular formula is C29H27FN4O4. The molecule has 9 heteroatoms. The molecule has 1 heterocycles. The predicted octanol–water partition coefficient (Wildman–Crippen LogP) is 5.68. The Kier molecular flexibility index (Phi) is 7.08. The number of phenols is 1. The van der Waals surface area contributed by atoms with Crippen molar-refractivity contribution in [1.29, 1.82) is 0 Å². The van der Waals surface area contributed by atoms with E-state index in [-0.39, 0.29) is 29.9 Å². The number of aromatic nitrogens is 2. The molecule has 5 rings (SSSR count). The smallest absolute Gasteiger partial charge is 0.342 e. The number of anilines is 1. The Hall–Kier alpha value is -4.66. The lowest BCUT2D eigenvalue weighted by Crippen LogP contribution is -2.31. The molecule has 8 nitrogen and oxygen atoms in total. The Morgan fingerprint density at radius 1 is 1.08 bits per heavy atom. The molecule has 0 saturated heterocycles. The van der Waals surface area contributed by atoms with Crippen LogP contribution in [0.4, 0.5) is 14.9 Å². The van der Waals surface area contributed by atoms with Gasteiger partial charge in [-0.15, -0.1) is 0 Å². The number of methoxy groups -OCH3 is 1. The fourth-order valence-electron chi connectivity index (χ4n) is 4.39. The van der Waals surface area contributed by atoms with Crippen LogP contribution in [-0.2, 0) is 6.54 Å². The Balaban J connectivity index is 1.40. The first-order valence-electron chi connectivity index (χ1n) is 12.3. The molecule has 0 bridgehead atoms. The maximum Gasteiger partial charge on any atom is 0.342 e. The molecule has 1 aromatic heterocycles. The van der Waals surface area contributed by atoms with Crippen LogP contribution in [0.25, 0.3) is 11.3 Å². The summed E-state index contributed by atoms with van der Waals surface area (Å²) in [6, 6.07) is 18.9. The molecule has 3 N–H and O–H groups in total. The van der Waals surface area contributed by atoms with Crippen LogP contribution in [0.2, 0.25) is 0 Å². The summed E-state index contributed by atoms with van der Waals surface area (Å²) >= 11 is 0. The number of ether oxygens (including phenoxy) is 1. The zero-order valence-electron chi connectivity index (χ0n) is 20.8. The maximum absolute atomic E-state index is 13.2. The van der Waals surface area contributed by atoms with Crippen molar-refractivity contribution in [3.05, 3.63) is 95.4 Å². The van der Waals surface area contributed by atoms with Gasteiger partial charge in [-0.05, 0) is 66.9 Å². The number of benzene rings is 3. The molecule has 2 amide bonds. The van der Waals surface area contributed by atoms with Crippen LogP contribution in [0.3, 0.4) is 0 Å². The molecule has 38 heavy (non-hydrogen) atoms. The average molecular weight is 515 g/mol. The number of para-hydroxylation sites is 1. The van der Waals surface area contributed by atoms with E-state index in [1.54, 1.807) is 48.5 Å². The molecule has 194 valence electrons. The minimum atomic E-state index is -0.414. The molecule has 1 aliphatic carbocycles. The van der Waals surface area contributed by atoms with Crippen molar-refractivity contribution in [3.63, 3.8) is 0 Å². The highest BCUT2D eigenvalue weighted by Crippen LogP contribution is 2.39. The third-order valence-corrected chi connectivity index (χ3v) is 6.69. The highest BCUT2D eigenvalue weighted by molar-refractivity contribution is 6.06. The number of nitrogens with one attached hydrogen (secondary N) is 2. The van der Waals surface area contributed by atoms with Gasteiger partial charge >= 0.3 is 6.03 Å². The molecule has 1 fully saturated rings. The summed E-state index contributed by atoms with van der Waals surface area (Å²) in [5, 5.41) is 20.8. The fourth-order valence-corrected chi connectivity index (χ4v) is 4.39. The van der Waals surface area contributed by atoms with E-state index in [1.807, 2.05) is 6.07 Å². The van der Waals surface area contributed by atoms with Gasteiger partial charge in [0.15, 0.2) is 0 Å². The Bertz CT molecular complexity index is 1480. The van der Waals surface area contributed by atoms with Crippen molar-refractivity contribution >= 4 is 17.6 Å². The lowest BCUT2D eigenvalue weighted by atomic mass is 9.82. The third-order valence-electron chi connectivity index (χ3n) is 6.69. The number of carbonyl (C=O) groups is 2. The van der Waals surface area contributed by atoms with E-state index in [4.69, 9.17) is 4.74 Å². The highest BCUT2D eigenvalue weighted by Gasteiger charge is 2.27. The number of nitrogens with zero attached hydrogens (tertiary/aromatic N) is 2. The van der Waals surface area contributed by atoms with Gasteiger partial charge < -0.3 is 20.5 Å². The molecule has 0 aliphatic heterocycles. The van der Waals surface area contributed by atoms with Crippen LogP contribution in [-0.4, -0.2) is 33.9 Å². The molecular weight excluding hydrogens is 487 g/mol. The Morgan fingerprint density at radius 3 is 2.55 bits per heavy atom. The number of hydrogen-bond donors (Lipinski definition) is 3. The van der Waals surface area contributed by atoms with Gasteiger partial charge in [0, 0.05) is 23.7 Å². The van der Waals surface area contributed by atoms with Crippen molar-refractivity contribution in [2.75, 3.05) is 12.4 Å². The largest absolute Gasteiger partial charge is 0.507 e. The van der Waals surface area contributed by atoms with Crippen molar-refractivity contribution < 1.29 is 23.8 Å². The SMILES string of the molecule is COc1ccccc1C(=O)Nc1ccc(O)c(-c2cc(C3CCC3)n(C(=O)NCc3ccc(F)cc3)n2)c1. The van der Waals surface area contributed by atoms with Crippen LogP contribution in [0.5, 0.6) is 11.5 Å². The van der Waals surface area contributed by atoms with Crippen LogP contribution in [0, 0.1) is 5.82 Å². The number of rotatable bonds is 7. The molecule has 4 aromatic rings. The van der Waals surface area contributed by atoms with E-state index in [1.165, 1.54) is 30.0 Å². The normalized spacial score (nSPS) is 13.0. The minimum Gasteiger partial charge on any atom is -0.507 e. The number of aromatic hydroxyl groups is 1. The predicted molar refractivity (Wildman–Crippen MR) is 141 cm³/mol. The average Bonchev–Trinajstić information content (AvgIpc) is 3.32. The fraction of sp³-hybridized carbons (Fsp3) is 0.207. The summed E-state index contributed by atoms with van der Waals surface area (Å²) in [7, 11) is 1.50.